The van der Waals surface area contributed by atoms with Crippen LogP contribution in [0.2, 0.25) is 13.1 Å². The number of hydrogen-bond acceptors (Lipinski definition) is 2. The minimum atomic E-state index is -2.12. The average Bonchev–Trinajstić information content (AvgIpc) is 2.29. The van der Waals surface area contributed by atoms with Crippen molar-refractivity contribution >= 4 is 19.4 Å². The van der Waals surface area contributed by atoms with Gasteiger partial charge in [0, 0.05) is 17.1 Å². The highest BCUT2D eigenvalue weighted by Crippen LogP contribution is 2.10. The summed E-state index contributed by atoms with van der Waals surface area (Å²) in [5.41, 5.74) is 8.75. The van der Waals surface area contributed by atoms with E-state index in [4.69, 9.17) is 9.96 Å². The fourth-order valence-corrected chi connectivity index (χ4v) is 3.94. The summed E-state index contributed by atoms with van der Waals surface area (Å²) in [4.78, 5) is 14.2. The molecule has 1 aromatic rings. The molecule has 6 heteroatoms. The molecule has 17 heavy (non-hydrogen) atoms. The van der Waals surface area contributed by atoms with E-state index in [1.807, 2.05) is 32.2 Å². The second-order valence-corrected chi connectivity index (χ2v) is 7.83. The third kappa shape index (κ3) is 3.17. The van der Waals surface area contributed by atoms with Crippen molar-refractivity contribution in [1.82, 2.24) is 0 Å². The highest BCUT2D eigenvalue weighted by molar-refractivity contribution is 6.85. The van der Waals surface area contributed by atoms with Crippen LogP contribution in [0, 0.1) is 0 Å². The molecule has 0 saturated heterocycles. The van der Waals surface area contributed by atoms with Crippen molar-refractivity contribution in [2.75, 3.05) is 6.61 Å². The van der Waals surface area contributed by atoms with Crippen LogP contribution < -0.4 is 5.19 Å². The van der Waals surface area contributed by atoms with Crippen molar-refractivity contribution in [3.8, 4) is 0 Å². The Morgan fingerprint density at radius 1 is 1.47 bits per heavy atom. The van der Waals surface area contributed by atoms with E-state index in [9.17, 15) is 4.79 Å². The van der Waals surface area contributed by atoms with E-state index in [2.05, 4.69) is 10.0 Å². The molecule has 0 aliphatic rings. The van der Waals surface area contributed by atoms with Gasteiger partial charge in [0.25, 0.3) is 0 Å². The lowest BCUT2D eigenvalue weighted by Crippen LogP contribution is -2.47. The molecule has 0 aliphatic heterocycles. The minimum absolute atomic E-state index is 0.440. The third-order valence-electron chi connectivity index (χ3n) is 2.45. The molecule has 0 radical (unpaired) electrons. The van der Waals surface area contributed by atoms with Crippen LogP contribution in [0.3, 0.4) is 0 Å². The van der Waals surface area contributed by atoms with Gasteiger partial charge in [0.2, 0.25) is 14.2 Å². The molecule has 0 heterocycles. The molecule has 5 nitrogen and oxygen atoms in total. The zero-order valence-electron chi connectivity index (χ0n) is 10.2. The maximum absolute atomic E-state index is 11.7. The van der Waals surface area contributed by atoms with Crippen molar-refractivity contribution in [2.24, 2.45) is 5.11 Å². The third-order valence-corrected chi connectivity index (χ3v) is 5.19. The zero-order valence-corrected chi connectivity index (χ0v) is 11.2. The van der Waals surface area contributed by atoms with E-state index in [1.165, 1.54) is 0 Å². The van der Waals surface area contributed by atoms with Gasteiger partial charge in [-0.1, -0.05) is 24.3 Å². The van der Waals surface area contributed by atoms with Crippen molar-refractivity contribution < 1.29 is 9.22 Å². The minimum Gasteiger partial charge on any atom is -0.413 e. The van der Waals surface area contributed by atoms with Crippen molar-refractivity contribution in [3.63, 3.8) is 0 Å². The summed E-state index contributed by atoms with van der Waals surface area (Å²) in [6.07, 6.45) is 0. The van der Waals surface area contributed by atoms with Crippen LogP contribution in [0.15, 0.2) is 29.4 Å². The lowest BCUT2D eigenvalue weighted by atomic mass is 10.2. The highest BCUT2D eigenvalue weighted by Gasteiger charge is 2.28. The number of carbonyl (C=O) groups excluding carboxylic acids is 1. The molecule has 0 atom stereocenters. The zero-order chi connectivity index (χ0) is 12.9. The second-order valence-electron chi connectivity index (χ2n) is 3.98. The highest BCUT2D eigenvalue weighted by atomic mass is 28.4. The largest absolute Gasteiger partial charge is 0.413 e. The SMILES string of the molecule is CCO[Si](C)(C)c1ccccc1C(=O)N=[N+]=[N-]. The first-order chi connectivity index (χ1) is 8.03. The molecule has 0 saturated carbocycles. The number of amides is 1. The van der Waals surface area contributed by atoms with E-state index in [0.29, 0.717) is 12.2 Å². The van der Waals surface area contributed by atoms with Crippen molar-refractivity contribution in [3.05, 3.63) is 40.3 Å². The van der Waals surface area contributed by atoms with Crippen LogP contribution in [-0.4, -0.2) is 20.8 Å². The number of carbonyl (C=O) groups is 1. The van der Waals surface area contributed by atoms with Gasteiger partial charge in [-0.05, 0) is 35.8 Å². The fraction of sp³-hybridized carbons (Fsp3) is 0.364. The molecule has 1 rings (SSSR count). The number of azide groups is 1. The Labute approximate surface area is 101 Å². The van der Waals surface area contributed by atoms with Gasteiger partial charge < -0.3 is 4.43 Å². The second kappa shape index (κ2) is 5.63. The van der Waals surface area contributed by atoms with Gasteiger partial charge in [-0.25, -0.2) is 0 Å². The summed E-state index contributed by atoms with van der Waals surface area (Å²) in [6, 6.07) is 7.14. The maximum atomic E-state index is 11.7. The predicted molar refractivity (Wildman–Crippen MR) is 68.7 cm³/mol. The molecule has 1 aromatic carbocycles. The van der Waals surface area contributed by atoms with Crippen LogP contribution in [0.25, 0.3) is 10.4 Å². The molecule has 0 fully saturated rings. The number of nitrogens with zero attached hydrogens (tertiary/aromatic N) is 3. The van der Waals surface area contributed by atoms with Gasteiger partial charge in [-0.3, -0.25) is 4.79 Å². The smallest absolute Gasteiger partial charge is 0.249 e. The predicted octanol–water partition coefficient (Wildman–Crippen LogP) is 2.59. The van der Waals surface area contributed by atoms with E-state index in [1.54, 1.807) is 12.1 Å². The molecule has 90 valence electrons. The van der Waals surface area contributed by atoms with E-state index in [0.717, 1.165) is 5.19 Å². The molecular formula is C11H15N3O2Si. The Hall–Kier alpha value is -1.62. The molecule has 0 bridgehead atoms. The van der Waals surface area contributed by atoms with Gasteiger partial charge >= 0.3 is 0 Å². The molecule has 1 amide bonds. The summed E-state index contributed by atoms with van der Waals surface area (Å²) in [5.74, 6) is -0.552. The number of rotatable bonds is 4. The van der Waals surface area contributed by atoms with Crippen LogP contribution in [-0.2, 0) is 4.43 Å². The first-order valence-electron chi connectivity index (χ1n) is 5.35. The van der Waals surface area contributed by atoms with Gasteiger partial charge in [-0.15, -0.1) is 0 Å². The number of benzene rings is 1. The van der Waals surface area contributed by atoms with Crippen LogP contribution in [0.4, 0.5) is 0 Å². The van der Waals surface area contributed by atoms with Crippen LogP contribution in [0.5, 0.6) is 0 Å². The molecular weight excluding hydrogens is 234 g/mol. The topological polar surface area (TPSA) is 75.1 Å². The van der Waals surface area contributed by atoms with Crippen molar-refractivity contribution in [1.29, 1.82) is 0 Å². The van der Waals surface area contributed by atoms with E-state index < -0.39 is 14.2 Å². The fourth-order valence-electron chi connectivity index (χ4n) is 1.73. The maximum Gasteiger partial charge on any atom is 0.249 e. The molecule has 0 aliphatic carbocycles. The summed E-state index contributed by atoms with van der Waals surface area (Å²) >= 11 is 0. The summed E-state index contributed by atoms with van der Waals surface area (Å²) in [5, 5.41) is 4.00. The Morgan fingerprint density at radius 3 is 2.71 bits per heavy atom. The van der Waals surface area contributed by atoms with Crippen molar-refractivity contribution in [2.45, 2.75) is 20.0 Å². The van der Waals surface area contributed by atoms with Gasteiger partial charge in [0.05, 0.1) is 0 Å². The van der Waals surface area contributed by atoms with E-state index >= 15 is 0 Å². The quantitative estimate of drug-likeness (QED) is 0.356. The summed E-state index contributed by atoms with van der Waals surface area (Å²) in [7, 11) is -2.12. The molecule has 0 unspecified atom stereocenters. The average molecular weight is 249 g/mol. The first kappa shape index (κ1) is 13.4. The van der Waals surface area contributed by atoms with Gasteiger partial charge in [0.1, 0.15) is 0 Å². The van der Waals surface area contributed by atoms with Crippen LogP contribution >= 0.6 is 0 Å². The lowest BCUT2D eigenvalue weighted by Gasteiger charge is -2.24. The Morgan fingerprint density at radius 2 is 2.12 bits per heavy atom. The molecule has 0 N–H and O–H groups in total. The van der Waals surface area contributed by atoms with Crippen LogP contribution in [0.1, 0.15) is 17.3 Å². The van der Waals surface area contributed by atoms with Gasteiger partial charge in [-0.2, -0.15) is 0 Å². The monoisotopic (exact) mass is 249 g/mol. The Kier molecular flexibility index (Phi) is 4.45. The standard InChI is InChI=1S/C11H15N3O2Si/c1-4-16-17(2,3)10-8-6-5-7-9(10)11(15)13-14-12/h5-8H,4H2,1-3H3. The summed E-state index contributed by atoms with van der Waals surface area (Å²) in [6.45, 7) is 6.55. The number of hydrogen-bond donors (Lipinski definition) is 0. The van der Waals surface area contributed by atoms with E-state index in [-0.39, 0.29) is 0 Å². The lowest BCUT2D eigenvalue weighted by molar-refractivity contribution is 0.100. The first-order valence-corrected chi connectivity index (χ1v) is 8.26. The normalized spacial score (nSPS) is 10.8. The molecule has 0 spiro atoms. The summed E-state index contributed by atoms with van der Waals surface area (Å²) < 4.78 is 5.74. The Bertz CT molecular complexity index is 468. The Balaban J connectivity index is 3.25. The molecule has 0 aromatic heterocycles. The van der Waals surface area contributed by atoms with Gasteiger partial charge in [0.15, 0.2) is 0 Å².